The van der Waals surface area contributed by atoms with Gasteiger partial charge in [0.1, 0.15) is 0 Å². The van der Waals surface area contributed by atoms with Crippen molar-refractivity contribution in [3.05, 3.63) is 65.2 Å². The number of amides is 2. The van der Waals surface area contributed by atoms with Crippen LogP contribution in [0.2, 0.25) is 0 Å². The number of carbonyl (C=O) groups excluding carboxylic acids is 3. The molecule has 0 bridgehead atoms. The van der Waals surface area contributed by atoms with Crippen LogP contribution in [-0.2, 0) is 9.53 Å². The highest BCUT2D eigenvalue weighted by atomic mass is 16.5. The molecule has 0 unspecified atom stereocenters. The molecule has 3 N–H and O–H groups in total. The molecule has 1 atom stereocenters. The maximum Gasteiger partial charge on any atom is 0.339 e. The summed E-state index contributed by atoms with van der Waals surface area (Å²) in [5.41, 5.74) is 7.16. The van der Waals surface area contributed by atoms with Gasteiger partial charge >= 0.3 is 5.97 Å². The number of hydrogen-bond acceptors (Lipinski definition) is 4. The van der Waals surface area contributed by atoms with Gasteiger partial charge in [0.25, 0.3) is 5.91 Å². The van der Waals surface area contributed by atoms with E-state index in [-0.39, 0.29) is 0 Å². The molecular weight excluding hydrogens is 308 g/mol. The maximum atomic E-state index is 12.1. The average molecular weight is 326 g/mol. The Bertz CT molecular complexity index is 769. The fourth-order valence-electron chi connectivity index (χ4n) is 2.04. The second kappa shape index (κ2) is 7.41. The molecule has 0 saturated carbocycles. The van der Waals surface area contributed by atoms with E-state index in [4.69, 9.17) is 10.5 Å². The van der Waals surface area contributed by atoms with Gasteiger partial charge in [-0.05, 0) is 49.7 Å². The fourth-order valence-corrected chi connectivity index (χ4v) is 2.04. The van der Waals surface area contributed by atoms with Crippen molar-refractivity contribution in [2.75, 3.05) is 5.32 Å². The predicted octanol–water partition coefficient (Wildman–Crippen LogP) is 2.28. The SMILES string of the molecule is Cc1ccccc1C(=O)O[C@@H](C)C(=O)Nc1ccc(C(N)=O)cc1. The van der Waals surface area contributed by atoms with E-state index in [2.05, 4.69) is 5.32 Å². The van der Waals surface area contributed by atoms with Gasteiger partial charge < -0.3 is 15.8 Å². The van der Waals surface area contributed by atoms with Crippen LogP contribution in [0.4, 0.5) is 5.69 Å². The van der Waals surface area contributed by atoms with Crippen LogP contribution in [0.3, 0.4) is 0 Å². The molecule has 0 aliphatic rings. The molecule has 2 aromatic carbocycles. The summed E-state index contributed by atoms with van der Waals surface area (Å²) in [7, 11) is 0. The normalized spacial score (nSPS) is 11.4. The smallest absolute Gasteiger partial charge is 0.339 e. The number of ether oxygens (including phenoxy) is 1. The Morgan fingerprint density at radius 2 is 1.67 bits per heavy atom. The number of rotatable bonds is 5. The molecule has 2 aromatic rings. The van der Waals surface area contributed by atoms with Gasteiger partial charge in [-0.1, -0.05) is 18.2 Å². The van der Waals surface area contributed by atoms with Crippen molar-refractivity contribution in [1.29, 1.82) is 0 Å². The van der Waals surface area contributed by atoms with Crippen molar-refractivity contribution in [1.82, 2.24) is 0 Å². The maximum absolute atomic E-state index is 12.1. The van der Waals surface area contributed by atoms with E-state index >= 15 is 0 Å². The van der Waals surface area contributed by atoms with Gasteiger partial charge in [-0.3, -0.25) is 9.59 Å². The van der Waals surface area contributed by atoms with E-state index in [1.54, 1.807) is 37.3 Å². The van der Waals surface area contributed by atoms with Crippen molar-refractivity contribution in [3.63, 3.8) is 0 Å². The van der Waals surface area contributed by atoms with Gasteiger partial charge in [0, 0.05) is 11.3 Å². The highest BCUT2D eigenvalue weighted by Crippen LogP contribution is 2.12. The first-order valence-electron chi connectivity index (χ1n) is 7.36. The van der Waals surface area contributed by atoms with Gasteiger partial charge in [0.2, 0.25) is 5.91 Å². The molecule has 0 aromatic heterocycles. The Morgan fingerprint density at radius 3 is 2.25 bits per heavy atom. The Balaban J connectivity index is 1.98. The van der Waals surface area contributed by atoms with Crippen LogP contribution in [0.5, 0.6) is 0 Å². The molecule has 2 rings (SSSR count). The van der Waals surface area contributed by atoms with Crippen molar-refractivity contribution in [2.24, 2.45) is 5.73 Å². The predicted molar refractivity (Wildman–Crippen MR) is 89.6 cm³/mol. The second-order valence-electron chi connectivity index (χ2n) is 5.29. The fraction of sp³-hybridized carbons (Fsp3) is 0.167. The summed E-state index contributed by atoms with van der Waals surface area (Å²) in [6.07, 6.45) is -0.965. The zero-order chi connectivity index (χ0) is 17.7. The first kappa shape index (κ1) is 17.2. The van der Waals surface area contributed by atoms with Crippen molar-refractivity contribution >= 4 is 23.5 Å². The second-order valence-corrected chi connectivity index (χ2v) is 5.29. The lowest BCUT2D eigenvalue weighted by molar-refractivity contribution is -0.123. The van der Waals surface area contributed by atoms with Crippen LogP contribution in [-0.4, -0.2) is 23.9 Å². The van der Waals surface area contributed by atoms with E-state index in [1.165, 1.54) is 19.1 Å². The third kappa shape index (κ3) is 4.19. The minimum absolute atomic E-state index is 0.340. The minimum atomic E-state index is -0.965. The standard InChI is InChI=1S/C18H18N2O4/c1-11-5-3-4-6-15(11)18(23)24-12(2)17(22)20-14-9-7-13(8-10-14)16(19)21/h3-10,12H,1-2H3,(H2,19,21)(H,20,22)/t12-/m0/s1. The third-order valence-corrected chi connectivity index (χ3v) is 3.45. The Hall–Kier alpha value is -3.15. The van der Waals surface area contributed by atoms with Crippen LogP contribution in [0, 0.1) is 6.92 Å². The number of nitrogens with two attached hydrogens (primary N) is 1. The molecule has 0 spiro atoms. The van der Waals surface area contributed by atoms with Crippen LogP contribution in [0.25, 0.3) is 0 Å². The zero-order valence-electron chi connectivity index (χ0n) is 13.4. The van der Waals surface area contributed by atoms with E-state index in [1.807, 2.05) is 6.07 Å². The van der Waals surface area contributed by atoms with Gasteiger partial charge in [-0.2, -0.15) is 0 Å². The van der Waals surface area contributed by atoms with E-state index in [9.17, 15) is 14.4 Å². The molecule has 6 nitrogen and oxygen atoms in total. The van der Waals surface area contributed by atoms with Gasteiger partial charge in [0.15, 0.2) is 6.10 Å². The summed E-state index contributed by atoms with van der Waals surface area (Å²) >= 11 is 0. The molecule has 124 valence electrons. The van der Waals surface area contributed by atoms with Crippen molar-refractivity contribution in [3.8, 4) is 0 Å². The van der Waals surface area contributed by atoms with Crippen LogP contribution in [0.1, 0.15) is 33.2 Å². The largest absolute Gasteiger partial charge is 0.449 e. The summed E-state index contributed by atoms with van der Waals surface area (Å²) in [6, 6.07) is 13.1. The van der Waals surface area contributed by atoms with E-state index < -0.39 is 23.9 Å². The third-order valence-electron chi connectivity index (χ3n) is 3.45. The lowest BCUT2D eigenvalue weighted by Gasteiger charge is -2.14. The Morgan fingerprint density at radius 1 is 1.04 bits per heavy atom. The molecular formula is C18H18N2O4. The number of anilines is 1. The molecule has 0 saturated heterocycles. The average Bonchev–Trinajstić information content (AvgIpc) is 2.55. The van der Waals surface area contributed by atoms with E-state index in [0.29, 0.717) is 16.8 Å². The lowest BCUT2D eigenvalue weighted by Crippen LogP contribution is -2.30. The summed E-state index contributed by atoms with van der Waals surface area (Å²) in [5, 5.41) is 2.61. The monoisotopic (exact) mass is 326 g/mol. The summed E-state index contributed by atoms with van der Waals surface area (Å²) in [5.74, 6) is -1.57. The summed E-state index contributed by atoms with van der Waals surface area (Å²) in [4.78, 5) is 35.2. The first-order valence-corrected chi connectivity index (χ1v) is 7.36. The highest BCUT2D eigenvalue weighted by molar-refractivity contribution is 5.98. The number of primary amides is 1. The van der Waals surface area contributed by atoms with Gasteiger partial charge in [-0.15, -0.1) is 0 Å². The van der Waals surface area contributed by atoms with E-state index in [0.717, 1.165) is 5.56 Å². The summed E-state index contributed by atoms with van der Waals surface area (Å²) in [6.45, 7) is 3.28. The lowest BCUT2D eigenvalue weighted by atomic mass is 10.1. The van der Waals surface area contributed by atoms with Crippen molar-refractivity contribution in [2.45, 2.75) is 20.0 Å². The molecule has 0 aliphatic heterocycles. The number of esters is 1. The Labute approximate surface area is 139 Å². The summed E-state index contributed by atoms with van der Waals surface area (Å²) < 4.78 is 5.19. The quantitative estimate of drug-likeness (QED) is 0.823. The van der Waals surface area contributed by atoms with Crippen LogP contribution < -0.4 is 11.1 Å². The van der Waals surface area contributed by atoms with Gasteiger partial charge in [-0.25, -0.2) is 4.79 Å². The highest BCUT2D eigenvalue weighted by Gasteiger charge is 2.20. The molecule has 2 amide bonds. The molecule has 0 heterocycles. The van der Waals surface area contributed by atoms with Crippen LogP contribution >= 0.6 is 0 Å². The van der Waals surface area contributed by atoms with Gasteiger partial charge in [0.05, 0.1) is 5.56 Å². The minimum Gasteiger partial charge on any atom is -0.449 e. The molecule has 6 heteroatoms. The molecule has 0 aliphatic carbocycles. The molecule has 0 fully saturated rings. The topological polar surface area (TPSA) is 98.5 Å². The number of aryl methyl sites for hydroxylation is 1. The van der Waals surface area contributed by atoms with Crippen molar-refractivity contribution < 1.29 is 19.1 Å². The molecule has 0 radical (unpaired) electrons. The number of benzene rings is 2. The number of carbonyl (C=O) groups is 3. The number of hydrogen-bond donors (Lipinski definition) is 2. The zero-order valence-corrected chi connectivity index (χ0v) is 13.4. The first-order chi connectivity index (χ1) is 11.4. The Kier molecular flexibility index (Phi) is 5.31. The van der Waals surface area contributed by atoms with Crippen LogP contribution in [0.15, 0.2) is 48.5 Å². The number of nitrogens with one attached hydrogen (secondary N) is 1. The molecule has 24 heavy (non-hydrogen) atoms.